The van der Waals surface area contributed by atoms with Gasteiger partial charge in [-0.2, -0.15) is 0 Å². The lowest BCUT2D eigenvalue weighted by molar-refractivity contribution is -0.137. The molecule has 1 aliphatic carbocycles. The van der Waals surface area contributed by atoms with E-state index in [0.717, 1.165) is 22.3 Å². The third kappa shape index (κ3) is 7.03. The lowest BCUT2D eigenvalue weighted by Crippen LogP contribution is -2.49. The summed E-state index contributed by atoms with van der Waals surface area (Å²) in [6.45, 7) is -0.484. The van der Waals surface area contributed by atoms with Crippen LogP contribution >= 0.6 is 0 Å². The Bertz CT molecular complexity index is 1030. The maximum atomic E-state index is 12.6. The van der Waals surface area contributed by atoms with Gasteiger partial charge in [0.25, 0.3) is 0 Å². The number of amides is 3. The molecule has 0 aromatic heterocycles. The third-order valence-electron chi connectivity index (χ3n) is 5.65. The van der Waals surface area contributed by atoms with Gasteiger partial charge in [0.1, 0.15) is 19.2 Å². The van der Waals surface area contributed by atoms with Crippen LogP contribution in [-0.4, -0.2) is 68.4 Å². The van der Waals surface area contributed by atoms with Gasteiger partial charge >= 0.3 is 12.1 Å². The van der Waals surface area contributed by atoms with E-state index in [4.69, 9.17) is 14.6 Å². The van der Waals surface area contributed by atoms with E-state index < -0.39 is 43.0 Å². The highest BCUT2D eigenvalue weighted by molar-refractivity contribution is 5.90. The number of hydrogen-bond donors (Lipinski definition) is 4. The molecule has 10 nitrogen and oxygen atoms in total. The van der Waals surface area contributed by atoms with Crippen molar-refractivity contribution < 1.29 is 33.8 Å². The molecule has 2 aromatic rings. The van der Waals surface area contributed by atoms with Crippen LogP contribution in [0.3, 0.4) is 0 Å². The summed E-state index contributed by atoms with van der Waals surface area (Å²) in [5.74, 6) is -2.55. The van der Waals surface area contributed by atoms with E-state index in [2.05, 4.69) is 16.0 Å². The molecule has 0 aliphatic heterocycles. The van der Waals surface area contributed by atoms with Crippen LogP contribution < -0.4 is 16.0 Å². The van der Waals surface area contributed by atoms with Crippen LogP contribution in [0.5, 0.6) is 0 Å². The summed E-state index contributed by atoms with van der Waals surface area (Å²) in [4.78, 5) is 47.4. The number of alkyl carbamates (subject to hydrolysis) is 1. The van der Waals surface area contributed by atoms with Gasteiger partial charge in [-0.25, -0.2) is 4.79 Å². The minimum atomic E-state index is -1.20. The number of carboxylic acid groups (broad SMARTS) is 1. The first-order valence-electron chi connectivity index (χ1n) is 11.3. The lowest BCUT2D eigenvalue weighted by atomic mass is 9.98. The maximum Gasteiger partial charge on any atom is 0.407 e. The van der Waals surface area contributed by atoms with Crippen molar-refractivity contribution in [2.75, 3.05) is 33.4 Å². The predicted octanol–water partition coefficient (Wildman–Crippen LogP) is 1.64. The van der Waals surface area contributed by atoms with Gasteiger partial charge in [-0.15, -0.1) is 0 Å². The summed E-state index contributed by atoms with van der Waals surface area (Å²) >= 11 is 0. The molecule has 0 spiro atoms. The molecule has 1 aliphatic rings. The van der Waals surface area contributed by atoms with E-state index in [1.54, 1.807) is 0 Å². The molecule has 0 saturated carbocycles. The molecular weight excluding hydrogens is 454 g/mol. The number of rotatable bonds is 12. The van der Waals surface area contributed by atoms with Crippen molar-refractivity contribution in [3.05, 3.63) is 59.7 Å². The number of nitrogens with one attached hydrogen (secondary N) is 3. The topological polar surface area (TPSA) is 143 Å². The summed E-state index contributed by atoms with van der Waals surface area (Å²) in [5, 5.41) is 15.7. The molecule has 10 heteroatoms. The molecule has 0 bridgehead atoms. The number of carboxylic acids is 1. The van der Waals surface area contributed by atoms with Gasteiger partial charge < -0.3 is 30.5 Å². The number of fused-ring (bicyclic) bond motifs is 3. The van der Waals surface area contributed by atoms with E-state index in [1.807, 2.05) is 48.5 Å². The molecule has 186 valence electrons. The fourth-order valence-corrected chi connectivity index (χ4v) is 4.01. The van der Waals surface area contributed by atoms with Gasteiger partial charge in [0.15, 0.2) is 0 Å². The Morgan fingerprint density at radius 3 is 2.17 bits per heavy atom. The van der Waals surface area contributed by atoms with E-state index in [9.17, 15) is 19.2 Å². The molecule has 0 fully saturated rings. The molecule has 0 radical (unpaired) electrons. The Balaban J connectivity index is 1.58. The Morgan fingerprint density at radius 2 is 1.57 bits per heavy atom. The number of hydrogen-bond acceptors (Lipinski definition) is 6. The summed E-state index contributed by atoms with van der Waals surface area (Å²) in [6.07, 6.45) is 0.00381. The van der Waals surface area contributed by atoms with Gasteiger partial charge in [-0.05, 0) is 35.1 Å². The summed E-state index contributed by atoms with van der Waals surface area (Å²) in [6, 6.07) is 15.0. The molecule has 0 saturated heterocycles. The zero-order chi connectivity index (χ0) is 25.2. The Hall–Kier alpha value is -3.92. The highest BCUT2D eigenvalue weighted by atomic mass is 16.5. The largest absolute Gasteiger partial charge is 0.480 e. The number of benzene rings is 2. The zero-order valence-corrected chi connectivity index (χ0v) is 19.4. The van der Waals surface area contributed by atoms with Crippen LogP contribution in [0.2, 0.25) is 0 Å². The van der Waals surface area contributed by atoms with Gasteiger partial charge in [0.2, 0.25) is 11.8 Å². The van der Waals surface area contributed by atoms with Gasteiger partial charge in [-0.1, -0.05) is 48.5 Å². The molecule has 2 aromatic carbocycles. The normalized spacial score (nSPS) is 12.7. The van der Waals surface area contributed by atoms with Crippen LogP contribution in [0.4, 0.5) is 4.79 Å². The Kier molecular flexibility index (Phi) is 9.19. The molecule has 3 amide bonds. The highest BCUT2D eigenvalue weighted by Gasteiger charge is 2.29. The number of aliphatic carboxylic acids is 1. The molecular formula is C25H29N3O7. The van der Waals surface area contributed by atoms with Crippen LogP contribution in [-0.2, 0) is 23.9 Å². The predicted molar refractivity (Wildman–Crippen MR) is 127 cm³/mol. The van der Waals surface area contributed by atoms with Crippen molar-refractivity contribution in [3.8, 4) is 11.1 Å². The maximum absolute atomic E-state index is 12.6. The summed E-state index contributed by atoms with van der Waals surface area (Å²) < 4.78 is 10.5. The van der Waals surface area contributed by atoms with Crippen LogP contribution in [0.25, 0.3) is 11.1 Å². The molecule has 0 heterocycles. The van der Waals surface area contributed by atoms with Crippen molar-refractivity contribution in [3.63, 3.8) is 0 Å². The second kappa shape index (κ2) is 12.5. The fourth-order valence-electron chi connectivity index (χ4n) is 4.01. The minimum absolute atomic E-state index is 0.101. The minimum Gasteiger partial charge on any atom is -0.480 e. The number of carbonyl (C=O) groups excluding carboxylic acids is 3. The van der Waals surface area contributed by atoms with E-state index in [0.29, 0.717) is 13.0 Å². The Labute approximate surface area is 203 Å². The van der Waals surface area contributed by atoms with Crippen LogP contribution in [0.1, 0.15) is 29.9 Å². The molecule has 1 unspecified atom stereocenters. The van der Waals surface area contributed by atoms with Gasteiger partial charge in [0.05, 0.1) is 6.54 Å². The van der Waals surface area contributed by atoms with Gasteiger partial charge in [0, 0.05) is 19.6 Å². The molecule has 1 atom stereocenters. The highest BCUT2D eigenvalue weighted by Crippen LogP contribution is 2.44. The van der Waals surface area contributed by atoms with E-state index >= 15 is 0 Å². The first-order chi connectivity index (χ1) is 16.9. The number of methoxy groups -OCH3 is 1. The second-order valence-corrected chi connectivity index (χ2v) is 8.05. The van der Waals surface area contributed by atoms with E-state index in [-0.39, 0.29) is 18.9 Å². The summed E-state index contributed by atoms with van der Waals surface area (Å²) in [5.41, 5.74) is 4.36. The third-order valence-corrected chi connectivity index (χ3v) is 5.65. The average Bonchev–Trinajstić information content (AvgIpc) is 3.18. The summed E-state index contributed by atoms with van der Waals surface area (Å²) in [7, 11) is 1.53. The van der Waals surface area contributed by atoms with Crippen molar-refractivity contribution in [1.29, 1.82) is 0 Å². The molecule has 4 N–H and O–H groups in total. The zero-order valence-electron chi connectivity index (χ0n) is 19.4. The first-order valence-corrected chi connectivity index (χ1v) is 11.3. The lowest BCUT2D eigenvalue weighted by Gasteiger charge is -2.19. The standard InChI is InChI=1S/C25H29N3O7/c1-34-12-6-11-21(24(32)27-13-22(29)26-14-23(30)31)28-25(33)35-15-20-18-9-4-2-7-16(18)17-8-3-5-10-19(17)20/h2-5,7-10,20-21H,6,11-15H2,1H3,(H,26,29)(H,27,32)(H,28,33)(H,30,31). The van der Waals surface area contributed by atoms with Crippen LogP contribution in [0, 0.1) is 0 Å². The first kappa shape index (κ1) is 25.7. The van der Waals surface area contributed by atoms with Crippen molar-refractivity contribution in [2.45, 2.75) is 24.8 Å². The van der Waals surface area contributed by atoms with Crippen molar-refractivity contribution >= 4 is 23.9 Å². The molecule has 35 heavy (non-hydrogen) atoms. The quantitative estimate of drug-likeness (QED) is 0.336. The smallest absolute Gasteiger partial charge is 0.407 e. The number of ether oxygens (including phenoxy) is 2. The van der Waals surface area contributed by atoms with Gasteiger partial charge in [-0.3, -0.25) is 14.4 Å². The van der Waals surface area contributed by atoms with E-state index in [1.165, 1.54) is 7.11 Å². The molecule has 3 rings (SSSR count). The van der Waals surface area contributed by atoms with Crippen molar-refractivity contribution in [2.24, 2.45) is 0 Å². The number of carbonyl (C=O) groups is 4. The SMILES string of the molecule is COCCCC(NC(=O)OCC1c2ccccc2-c2ccccc21)C(=O)NCC(=O)NCC(=O)O. The second-order valence-electron chi connectivity index (χ2n) is 8.05. The van der Waals surface area contributed by atoms with Crippen molar-refractivity contribution in [1.82, 2.24) is 16.0 Å². The fraction of sp³-hybridized carbons (Fsp3) is 0.360. The van der Waals surface area contributed by atoms with Crippen LogP contribution in [0.15, 0.2) is 48.5 Å². The monoisotopic (exact) mass is 483 g/mol. The average molecular weight is 484 g/mol. The Morgan fingerprint density at radius 1 is 0.943 bits per heavy atom.